The second-order valence-electron chi connectivity index (χ2n) is 4.60. The van der Waals surface area contributed by atoms with Crippen LogP contribution in [-0.4, -0.2) is 10.8 Å². The van der Waals surface area contributed by atoms with E-state index in [9.17, 15) is 14.9 Å². The van der Waals surface area contributed by atoms with E-state index in [2.05, 4.69) is 21.2 Å². The Morgan fingerprint density at radius 2 is 1.96 bits per heavy atom. The summed E-state index contributed by atoms with van der Waals surface area (Å²) < 4.78 is 0.875. The van der Waals surface area contributed by atoms with Crippen molar-refractivity contribution in [2.75, 3.05) is 5.32 Å². The molecular formula is C16H9BrClN3O3. The maximum absolute atomic E-state index is 12.2. The lowest BCUT2D eigenvalue weighted by molar-refractivity contribution is -0.384. The predicted octanol–water partition coefficient (Wildman–Crippen LogP) is 4.56. The van der Waals surface area contributed by atoms with Crippen molar-refractivity contribution in [3.63, 3.8) is 0 Å². The molecule has 0 aliphatic carbocycles. The molecule has 0 aliphatic rings. The zero-order chi connectivity index (χ0) is 17.7. The molecular weight excluding hydrogens is 398 g/mol. The number of carbonyl (C=O) groups excluding carboxylic acids is 1. The zero-order valence-electron chi connectivity index (χ0n) is 12.0. The lowest BCUT2D eigenvalue weighted by Gasteiger charge is -2.06. The number of hydrogen-bond acceptors (Lipinski definition) is 4. The molecule has 0 bridgehead atoms. The van der Waals surface area contributed by atoms with Crippen molar-refractivity contribution in [1.29, 1.82) is 5.26 Å². The Bertz CT molecular complexity index is 873. The van der Waals surface area contributed by atoms with Crippen LogP contribution in [0, 0.1) is 21.4 Å². The third-order valence-corrected chi connectivity index (χ3v) is 3.80. The summed E-state index contributed by atoms with van der Waals surface area (Å²) in [6, 6.07) is 12.5. The van der Waals surface area contributed by atoms with Gasteiger partial charge in [-0.3, -0.25) is 14.9 Å². The van der Waals surface area contributed by atoms with Gasteiger partial charge < -0.3 is 5.32 Å². The lowest BCUT2D eigenvalue weighted by Crippen LogP contribution is -2.13. The first kappa shape index (κ1) is 17.7. The summed E-state index contributed by atoms with van der Waals surface area (Å²) in [5.41, 5.74) is 0.555. The lowest BCUT2D eigenvalue weighted by atomic mass is 10.1. The summed E-state index contributed by atoms with van der Waals surface area (Å²) in [5.74, 6) is -0.656. The number of nitrogens with one attached hydrogen (secondary N) is 1. The van der Waals surface area contributed by atoms with Gasteiger partial charge in [-0.1, -0.05) is 39.7 Å². The molecule has 0 saturated carbocycles. The third kappa shape index (κ3) is 4.41. The Balaban J connectivity index is 2.22. The average molecular weight is 407 g/mol. The van der Waals surface area contributed by atoms with Crippen LogP contribution in [0.2, 0.25) is 5.02 Å². The van der Waals surface area contributed by atoms with E-state index in [-0.39, 0.29) is 22.0 Å². The van der Waals surface area contributed by atoms with Crippen molar-refractivity contribution >= 4 is 50.9 Å². The Morgan fingerprint density at radius 1 is 1.29 bits per heavy atom. The number of nitrogens with zero attached hydrogens (tertiary/aromatic N) is 2. The zero-order valence-corrected chi connectivity index (χ0v) is 14.3. The number of halogens is 2. The van der Waals surface area contributed by atoms with Crippen LogP contribution in [-0.2, 0) is 4.79 Å². The van der Waals surface area contributed by atoms with E-state index < -0.39 is 10.8 Å². The number of nitro groups is 1. The van der Waals surface area contributed by atoms with Gasteiger partial charge in [0.15, 0.2) is 0 Å². The number of nitro benzene ring substituents is 1. The summed E-state index contributed by atoms with van der Waals surface area (Å²) >= 11 is 9.21. The topological polar surface area (TPSA) is 96.0 Å². The maximum atomic E-state index is 12.2. The van der Waals surface area contributed by atoms with Crippen molar-refractivity contribution < 1.29 is 9.72 Å². The number of nitriles is 1. The summed E-state index contributed by atoms with van der Waals surface area (Å²) in [5, 5.41) is 22.3. The molecule has 0 heterocycles. The quantitative estimate of drug-likeness (QED) is 0.348. The predicted molar refractivity (Wildman–Crippen MR) is 94.5 cm³/mol. The first-order chi connectivity index (χ1) is 11.4. The van der Waals surface area contributed by atoms with Gasteiger partial charge in [-0.2, -0.15) is 5.26 Å². The smallest absolute Gasteiger partial charge is 0.271 e. The highest BCUT2D eigenvalue weighted by Gasteiger charge is 2.14. The Kier molecular flexibility index (Phi) is 5.68. The Hall–Kier alpha value is -2.69. The van der Waals surface area contributed by atoms with Gasteiger partial charge in [0.1, 0.15) is 11.6 Å². The van der Waals surface area contributed by atoms with Gasteiger partial charge >= 0.3 is 0 Å². The molecule has 0 spiro atoms. The molecule has 0 saturated heterocycles. The van der Waals surface area contributed by atoms with Gasteiger partial charge in [0.2, 0.25) is 0 Å². The van der Waals surface area contributed by atoms with E-state index in [1.54, 1.807) is 24.3 Å². The molecule has 1 amide bonds. The normalized spacial score (nSPS) is 10.8. The van der Waals surface area contributed by atoms with E-state index in [1.165, 1.54) is 18.2 Å². The molecule has 0 atom stereocenters. The summed E-state index contributed by atoms with van der Waals surface area (Å²) in [7, 11) is 0. The molecule has 1 N–H and O–H groups in total. The maximum Gasteiger partial charge on any atom is 0.271 e. The van der Waals surface area contributed by atoms with Crippen LogP contribution in [0.1, 0.15) is 5.56 Å². The molecule has 0 unspecified atom stereocenters. The van der Waals surface area contributed by atoms with E-state index in [0.29, 0.717) is 5.56 Å². The minimum absolute atomic E-state index is 0.0125. The highest BCUT2D eigenvalue weighted by atomic mass is 79.9. The van der Waals surface area contributed by atoms with Crippen molar-refractivity contribution in [3.05, 3.63) is 73.2 Å². The van der Waals surface area contributed by atoms with Gasteiger partial charge in [0.25, 0.3) is 11.6 Å². The van der Waals surface area contributed by atoms with Crippen LogP contribution in [0.5, 0.6) is 0 Å². The summed E-state index contributed by atoms with van der Waals surface area (Å²) in [6.45, 7) is 0. The second-order valence-corrected chi connectivity index (χ2v) is 5.92. The largest absolute Gasteiger partial charge is 0.320 e. The first-order valence-electron chi connectivity index (χ1n) is 6.53. The molecule has 0 aromatic heterocycles. The molecule has 8 heteroatoms. The van der Waals surface area contributed by atoms with Crippen LogP contribution < -0.4 is 5.32 Å². The minimum Gasteiger partial charge on any atom is -0.320 e. The molecule has 0 fully saturated rings. The van der Waals surface area contributed by atoms with Gasteiger partial charge in [0.05, 0.1) is 15.6 Å². The molecule has 0 radical (unpaired) electrons. The van der Waals surface area contributed by atoms with Gasteiger partial charge in [0, 0.05) is 16.6 Å². The molecule has 6 nitrogen and oxygen atoms in total. The van der Waals surface area contributed by atoms with Crippen LogP contribution in [0.15, 0.2) is 52.5 Å². The molecule has 120 valence electrons. The van der Waals surface area contributed by atoms with Crippen molar-refractivity contribution in [2.45, 2.75) is 0 Å². The van der Waals surface area contributed by atoms with Crippen LogP contribution in [0.4, 0.5) is 11.4 Å². The van der Waals surface area contributed by atoms with Gasteiger partial charge in [-0.15, -0.1) is 0 Å². The van der Waals surface area contributed by atoms with E-state index >= 15 is 0 Å². The summed E-state index contributed by atoms with van der Waals surface area (Å²) in [6.07, 6.45) is 1.43. The van der Waals surface area contributed by atoms with Crippen molar-refractivity contribution in [1.82, 2.24) is 0 Å². The number of hydrogen-bond donors (Lipinski definition) is 1. The fraction of sp³-hybridized carbons (Fsp3) is 0. The molecule has 2 aromatic rings. The van der Waals surface area contributed by atoms with Crippen LogP contribution in [0.25, 0.3) is 6.08 Å². The van der Waals surface area contributed by atoms with E-state index in [1.807, 2.05) is 6.07 Å². The van der Waals surface area contributed by atoms with Gasteiger partial charge in [-0.25, -0.2) is 0 Å². The summed E-state index contributed by atoms with van der Waals surface area (Å²) in [4.78, 5) is 22.3. The monoisotopic (exact) mass is 405 g/mol. The van der Waals surface area contributed by atoms with Crippen molar-refractivity contribution in [3.8, 4) is 6.07 Å². The van der Waals surface area contributed by atoms with Crippen molar-refractivity contribution in [2.24, 2.45) is 0 Å². The van der Waals surface area contributed by atoms with E-state index in [4.69, 9.17) is 16.9 Å². The second kappa shape index (κ2) is 7.73. The number of benzene rings is 2. The van der Waals surface area contributed by atoms with E-state index in [0.717, 1.165) is 10.5 Å². The third-order valence-electron chi connectivity index (χ3n) is 2.96. The number of amides is 1. The highest BCUT2D eigenvalue weighted by Crippen LogP contribution is 2.27. The highest BCUT2D eigenvalue weighted by molar-refractivity contribution is 9.10. The molecule has 2 rings (SSSR count). The SMILES string of the molecule is N#C/C(=C\c1ccc(Br)cc1)C(=O)Nc1ccc([N+](=O)[O-])cc1Cl. The number of rotatable bonds is 4. The number of carbonyl (C=O) groups is 1. The Morgan fingerprint density at radius 3 is 2.50 bits per heavy atom. The standard InChI is InChI=1S/C16H9BrClN3O3/c17-12-3-1-10(2-4-12)7-11(9-19)16(22)20-15-6-5-13(21(23)24)8-14(15)18/h1-8H,(H,20,22)/b11-7+. The first-order valence-corrected chi connectivity index (χ1v) is 7.70. The number of anilines is 1. The fourth-order valence-electron chi connectivity index (χ4n) is 1.78. The molecule has 0 aliphatic heterocycles. The fourth-order valence-corrected chi connectivity index (χ4v) is 2.27. The molecule has 24 heavy (non-hydrogen) atoms. The number of non-ortho nitro benzene ring substituents is 1. The minimum atomic E-state index is -0.656. The van der Waals surface area contributed by atoms with Crippen LogP contribution >= 0.6 is 27.5 Å². The average Bonchev–Trinajstić information content (AvgIpc) is 2.55. The van der Waals surface area contributed by atoms with Gasteiger partial charge in [-0.05, 0) is 29.8 Å². The molecule has 2 aromatic carbocycles. The van der Waals surface area contributed by atoms with Crippen LogP contribution in [0.3, 0.4) is 0 Å². The Labute approximate surface area is 150 Å².